The minimum atomic E-state index is -0.405. The van der Waals surface area contributed by atoms with Crippen molar-refractivity contribution in [2.24, 2.45) is 17.3 Å². The van der Waals surface area contributed by atoms with E-state index in [1.165, 1.54) is 44.1 Å². The molecule has 3 aliphatic carbocycles. The molecule has 3 nitrogen and oxygen atoms in total. The summed E-state index contributed by atoms with van der Waals surface area (Å²) >= 11 is 0. The molecular formula is C22H30O3. The van der Waals surface area contributed by atoms with Gasteiger partial charge in [-0.25, -0.2) is 0 Å². The predicted octanol–water partition coefficient (Wildman–Crippen LogP) is 4.68. The highest BCUT2D eigenvalue weighted by molar-refractivity contribution is 5.40. The van der Waals surface area contributed by atoms with Crippen LogP contribution in [0.4, 0.5) is 0 Å². The molecule has 0 N–H and O–H groups in total. The van der Waals surface area contributed by atoms with E-state index >= 15 is 0 Å². The highest BCUT2D eigenvalue weighted by Gasteiger charge is 2.61. The SMILES string of the molecule is COc1ccc2c(c1)CCC1C2CC[C@]23COC(C)(C)O[C@H]2CCC13. The van der Waals surface area contributed by atoms with Crippen molar-refractivity contribution >= 4 is 0 Å². The van der Waals surface area contributed by atoms with Gasteiger partial charge < -0.3 is 14.2 Å². The molecular weight excluding hydrogens is 312 g/mol. The maximum atomic E-state index is 6.40. The Hall–Kier alpha value is -1.06. The zero-order chi connectivity index (χ0) is 17.2. The second-order valence-electron chi connectivity index (χ2n) is 9.12. The second-order valence-corrected chi connectivity index (χ2v) is 9.12. The number of fused-ring (bicyclic) bond motifs is 4. The zero-order valence-electron chi connectivity index (χ0n) is 15.7. The van der Waals surface area contributed by atoms with E-state index in [0.29, 0.717) is 6.10 Å². The average molecular weight is 342 g/mol. The maximum absolute atomic E-state index is 6.40. The van der Waals surface area contributed by atoms with Gasteiger partial charge in [0.15, 0.2) is 5.79 Å². The fourth-order valence-corrected chi connectivity index (χ4v) is 6.58. The van der Waals surface area contributed by atoms with Crippen LogP contribution in [0.5, 0.6) is 5.75 Å². The molecule has 0 amide bonds. The molecule has 0 bridgehead atoms. The average Bonchev–Trinajstić information content (AvgIpc) is 2.99. The molecule has 4 aliphatic rings. The Morgan fingerprint density at radius 2 is 2.00 bits per heavy atom. The third kappa shape index (κ3) is 2.31. The summed E-state index contributed by atoms with van der Waals surface area (Å²) in [6.07, 6.45) is 7.98. The molecule has 136 valence electrons. The monoisotopic (exact) mass is 342 g/mol. The Morgan fingerprint density at radius 1 is 1.12 bits per heavy atom. The summed E-state index contributed by atoms with van der Waals surface area (Å²) in [5.74, 6) is 2.88. The van der Waals surface area contributed by atoms with Crippen LogP contribution in [-0.4, -0.2) is 25.6 Å². The Bertz CT molecular complexity index is 682. The Labute approximate surface area is 151 Å². The molecule has 3 fully saturated rings. The van der Waals surface area contributed by atoms with Gasteiger partial charge in [-0.1, -0.05) is 6.07 Å². The topological polar surface area (TPSA) is 27.7 Å². The summed E-state index contributed by atoms with van der Waals surface area (Å²) in [6, 6.07) is 6.76. The van der Waals surface area contributed by atoms with Crippen molar-refractivity contribution in [3.8, 4) is 5.75 Å². The Balaban J connectivity index is 1.46. The molecule has 3 unspecified atom stereocenters. The lowest BCUT2D eigenvalue weighted by Gasteiger charge is -2.55. The van der Waals surface area contributed by atoms with Gasteiger partial charge in [-0.05, 0) is 93.4 Å². The van der Waals surface area contributed by atoms with Gasteiger partial charge >= 0.3 is 0 Å². The van der Waals surface area contributed by atoms with Crippen molar-refractivity contribution in [2.45, 2.75) is 70.2 Å². The van der Waals surface area contributed by atoms with Crippen molar-refractivity contribution in [3.63, 3.8) is 0 Å². The molecule has 1 aliphatic heterocycles. The van der Waals surface area contributed by atoms with E-state index in [4.69, 9.17) is 14.2 Å². The molecule has 0 radical (unpaired) electrons. The minimum Gasteiger partial charge on any atom is -0.497 e. The fourth-order valence-electron chi connectivity index (χ4n) is 6.58. The van der Waals surface area contributed by atoms with Crippen LogP contribution < -0.4 is 4.74 Å². The van der Waals surface area contributed by atoms with E-state index in [1.54, 1.807) is 12.7 Å². The first-order valence-electron chi connectivity index (χ1n) is 10.0. The van der Waals surface area contributed by atoms with Gasteiger partial charge in [-0.2, -0.15) is 0 Å². The molecule has 1 aromatic rings. The van der Waals surface area contributed by atoms with Gasteiger partial charge in [-0.15, -0.1) is 0 Å². The lowest BCUT2D eigenvalue weighted by Crippen LogP contribution is -2.56. The molecule has 1 saturated heterocycles. The van der Waals surface area contributed by atoms with Crippen LogP contribution in [-0.2, 0) is 15.9 Å². The van der Waals surface area contributed by atoms with Crippen LogP contribution in [0.2, 0.25) is 0 Å². The molecule has 2 saturated carbocycles. The van der Waals surface area contributed by atoms with Crippen molar-refractivity contribution in [1.29, 1.82) is 0 Å². The fraction of sp³-hybridized carbons (Fsp3) is 0.727. The minimum absolute atomic E-state index is 0.278. The molecule has 5 rings (SSSR count). The second kappa shape index (κ2) is 5.47. The summed E-state index contributed by atoms with van der Waals surface area (Å²) in [5.41, 5.74) is 3.39. The van der Waals surface area contributed by atoms with Gasteiger partial charge in [0.05, 0.1) is 19.8 Å². The van der Waals surface area contributed by atoms with E-state index < -0.39 is 5.79 Å². The lowest BCUT2D eigenvalue weighted by atomic mass is 9.54. The third-order valence-electron chi connectivity index (χ3n) is 7.69. The number of hydrogen-bond acceptors (Lipinski definition) is 3. The first-order valence-corrected chi connectivity index (χ1v) is 10.0. The number of methoxy groups -OCH3 is 1. The van der Waals surface area contributed by atoms with Gasteiger partial charge in [-0.3, -0.25) is 0 Å². The van der Waals surface area contributed by atoms with E-state index in [-0.39, 0.29) is 5.41 Å². The molecule has 1 heterocycles. The summed E-state index contributed by atoms with van der Waals surface area (Å²) in [6.45, 7) is 5.04. The third-order valence-corrected chi connectivity index (χ3v) is 7.69. The highest BCUT2D eigenvalue weighted by Crippen LogP contribution is 2.63. The summed E-state index contributed by atoms with van der Waals surface area (Å²) in [4.78, 5) is 0. The molecule has 0 aromatic heterocycles. The largest absolute Gasteiger partial charge is 0.497 e. The standard InChI is InChI=1S/C22H30O3/c1-21(2)24-13-22-11-10-17-16-7-5-15(23-3)12-14(16)4-6-18(17)19(22)8-9-20(22)25-21/h5,7,12,17-20H,4,6,8-11,13H2,1-3H3/t17?,18?,19?,20-,22+/m0/s1. The normalized spacial score (nSPS) is 41.2. The van der Waals surface area contributed by atoms with Gasteiger partial charge in [0.25, 0.3) is 0 Å². The van der Waals surface area contributed by atoms with Gasteiger partial charge in [0.2, 0.25) is 0 Å². The van der Waals surface area contributed by atoms with E-state index in [2.05, 4.69) is 32.0 Å². The number of benzene rings is 1. The zero-order valence-corrected chi connectivity index (χ0v) is 15.7. The van der Waals surface area contributed by atoms with Crippen LogP contribution in [0.15, 0.2) is 18.2 Å². The molecule has 25 heavy (non-hydrogen) atoms. The van der Waals surface area contributed by atoms with Crippen LogP contribution in [0, 0.1) is 17.3 Å². The Kier molecular flexibility index (Phi) is 3.53. The van der Waals surface area contributed by atoms with Crippen LogP contribution in [0.1, 0.15) is 63.0 Å². The molecule has 3 heteroatoms. The highest BCUT2D eigenvalue weighted by atomic mass is 16.7. The number of hydrogen-bond donors (Lipinski definition) is 0. The molecule has 5 atom stereocenters. The van der Waals surface area contributed by atoms with Crippen LogP contribution >= 0.6 is 0 Å². The molecule has 1 aromatic carbocycles. The van der Waals surface area contributed by atoms with Gasteiger partial charge in [0, 0.05) is 5.41 Å². The summed E-state index contributed by atoms with van der Waals surface area (Å²) < 4.78 is 18.0. The summed E-state index contributed by atoms with van der Waals surface area (Å²) in [7, 11) is 1.76. The van der Waals surface area contributed by atoms with Crippen molar-refractivity contribution in [3.05, 3.63) is 29.3 Å². The van der Waals surface area contributed by atoms with Crippen LogP contribution in [0.3, 0.4) is 0 Å². The van der Waals surface area contributed by atoms with E-state index in [0.717, 1.165) is 30.1 Å². The molecule has 1 spiro atoms. The van der Waals surface area contributed by atoms with Crippen molar-refractivity contribution < 1.29 is 14.2 Å². The lowest BCUT2D eigenvalue weighted by molar-refractivity contribution is -0.323. The van der Waals surface area contributed by atoms with Crippen molar-refractivity contribution in [2.75, 3.05) is 13.7 Å². The van der Waals surface area contributed by atoms with E-state index in [1.807, 2.05) is 0 Å². The quantitative estimate of drug-likeness (QED) is 0.741. The Morgan fingerprint density at radius 3 is 2.84 bits per heavy atom. The van der Waals surface area contributed by atoms with Crippen molar-refractivity contribution in [1.82, 2.24) is 0 Å². The maximum Gasteiger partial charge on any atom is 0.163 e. The number of ether oxygens (including phenoxy) is 3. The first-order chi connectivity index (χ1) is 12.0. The smallest absolute Gasteiger partial charge is 0.163 e. The van der Waals surface area contributed by atoms with Crippen LogP contribution in [0.25, 0.3) is 0 Å². The number of aryl methyl sites for hydroxylation is 1. The first kappa shape index (κ1) is 16.1. The summed E-state index contributed by atoms with van der Waals surface area (Å²) in [5, 5.41) is 0. The predicted molar refractivity (Wildman–Crippen MR) is 96.8 cm³/mol. The van der Waals surface area contributed by atoms with E-state index in [9.17, 15) is 0 Å². The number of rotatable bonds is 1. The van der Waals surface area contributed by atoms with Gasteiger partial charge in [0.1, 0.15) is 5.75 Å².